The van der Waals surface area contributed by atoms with Gasteiger partial charge < -0.3 is 14.7 Å². The van der Waals surface area contributed by atoms with E-state index < -0.39 is 5.97 Å². The number of carbonyl (C=O) groups is 2. The molecule has 1 saturated carbocycles. The summed E-state index contributed by atoms with van der Waals surface area (Å²) in [6.07, 6.45) is 6.52. The lowest BCUT2D eigenvalue weighted by Gasteiger charge is -2.39. The van der Waals surface area contributed by atoms with Crippen molar-refractivity contribution < 1.29 is 19.4 Å². The molecule has 0 bridgehead atoms. The summed E-state index contributed by atoms with van der Waals surface area (Å²) in [5.41, 5.74) is -0.318. The first-order chi connectivity index (χ1) is 10.0. The summed E-state index contributed by atoms with van der Waals surface area (Å²) in [7, 11) is 0. The van der Waals surface area contributed by atoms with Crippen LogP contribution < -0.4 is 0 Å². The summed E-state index contributed by atoms with van der Waals surface area (Å²) in [5, 5.41) is 9.19. The Hall–Kier alpha value is -1.10. The second kappa shape index (κ2) is 7.25. The average Bonchev–Trinajstić information content (AvgIpc) is 2.47. The highest BCUT2D eigenvalue weighted by atomic mass is 16.5. The topological polar surface area (TPSA) is 66.8 Å². The fraction of sp³-hybridized carbons (Fsp3) is 0.875. The van der Waals surface area contributed by atoms with Crippen LogP contribution in [0.5, 0.6) is 0 Å². The summed E-state index contributed by atoms with van der Waals surface area (Å²) in [6, 6.07) is 0. The summed E-state index contributed by atoms with van der Waals surface area (Å²) < 4.78 is 5.60. The number of morpholine rings is 1. The maximum absolute atomic E-state index is 12.6. The van der Waals surface area contributed by atoms with Crippen LogP contribution in [0.1, 0.15) is 58.3 Å². The molecule has 0 aromatic carbocycles. The summed E-state index contributed by atoms with van der Waals surface area (Å²) in [6.45, 7) is 3.94. The van der Waals surface area contributed by atoms with E-state index in [9.17, 15) is 14.7 Å². The highest BCUT2D eigenvalue weighted by Crippen LogP contribution is 2.42. The lowest BCUT2D eigenvalue weighted by molar-refractivity contribution is -0.145. The quantitative estimate of drug-likeness (QED) is 0.846. The first-order valence-corrected chi connectivity index (χ1v) is 8.16. The maximum atomic E-state index is 12.6. The minimum absolute atomic E-state index is 0.111. The van der Waals surface area contributed by atoms with E-state index in [4.69, 9.17) is 4.74 Å². The lowest BCUT2D eigenvalue weighted by atomic mass is 9.69. The van der Waals surface area contributed by atoms with Crippen molar-refractivity contribution in [3.05, 3.63) is 0 Å². The molecule has 2 aliphatic rings. The number of amides is 1. The normalized spacial score (nSPS) is 25.6. The molecule has 0 aromatic heterocycles. The van der Waals surface area contributed by atoms with E-state index in [-0.39, 0.29) is 23.8 Å². The molecule has 1 amide bonds. The number of carboxylic acid groups (broad SMARTS) is 1. The molecule has 1 aliphatic carbocycles. The molecule has 5 nitrogen and oxygen atoms in total. The van der Waals surface area contributed by atoms with Crippen molar-refractivity contribution in [3.63, 3.8) is 0 Å². The highest BCUT2D eigenvalue weighted by Gasteiger charge is 2.38. The van der Waals surface area contributed by atoms with Crippen LogP contribution in [0.3, 0.4) is 0 Å². The number of aliphatic carboxylic acids is 1. The van der Waals surface area contributed by atoms with Gasteiger partial charge in [0.25, 0.3) is 0 Å². The largest absolute Gasteiger partial charge is 0.481 e. The average molecular weight is 297 g/mol. The van der Waals surface area contributed by atoms with Crippen molar-refractivity contribution in [2.75, 3.05) is 19.7 Å². The number of hydrogen-bond donors (Lipinski definition) is 1. The standard InChI is InChI=1S/C16H27NO4/c1-2-13-12-17(8-9-21-13)14(18)10-16(11-15(19)20)6-4-3-5-7-16/h13H,2-12H2,1H3,(H,19,20). The molecule has 1 atom stereocenters. The molecule has 0 aromatic rings. The molecular weight excluding hydrogens is 270 g/mol. The van der Waals surface area contributed by atoms with E-state index in [1.54, 1.807) is 0 Å². The molecule has 2 rings (SSSR count). The monoisotopic (exact) mass is 297 g/mol. The Morgan fingerprint density at radius 2 is 1.95 bits per heavy atom. The van der Waals surface area contributed by atoms with Gasteiger partial charge in [-0.3, -0.25) is 9.59 Å². The molecule has 1 unspecified atom stereocenters. The van der Waals surface area contributed by atoms with Crippen LogP contribution in [0.4, 0.5) is 0 Å². The summed E-state index contributed by atoms with van der Waals surface area (Å²) in [4.78, 5) is 25.6. The third kappa shape index (κ3) is 4.43. The van der Waals surface area contributed by atoms with Crippen LogP contribution in [0, 0.1) is 5.41 Å². The van der Waals surface area contributed by atoms with Gasteiger partial charge in [0.2, 0.25) is 5.91 Å². The molecule has 1 heterocycles. The van der Waals surface area contributed by atoms with Gasteiger partial charge in [-0.2, -0.15) is 0 Å². The number of carbonyl (C=O) groups excluding carboxylic acids is 1. The fourth-order valence-corrected chi connectivity index (χ4v) is 3.66. The van der Waals surface area contributed by atoms with Gasteiger partial charge in [0.15, 0.2) is 0 Å². The summed E-state index contributed by atoms with van der Waals surface area (Å²) in [5.74, 6) is -0.669. The van der Waals surface area contributed by atoms with Gasteiger partial charge >= 0.3 is 5.97 Å². The van der Waals surface area contributed by atoms with Gasteiger partial charge in [-0.25, -0.2) is 0 Å². The number of hydrogen-bond acceptors (Lipinski definition) is 3. The number of ether oxygens (including phenoxy) is 1. The summed E-state index contributed by atoms with van der Waals surface area (Å²) >= 11 is 0. The van der Waals surface area contributed by atoms with Gasteiger partial charge in [0.1, 0.15) is 0 Å². The smallest absolute Gasteiger partial charge is 0.303 e. The molecule has 1 aliphatic heterocycles. The molecule has 21 heavy (non-hydrogen) atoms. The van der Waals surface area contributed by atoms with Crippen LogP contribution in [0.25, 0.3) is 0 Å². The van der Waals surface area contributed by atoms with E-state index >= 15 is 0 Å². The zero-order chi connectivity index (χ0) is 15.3. The molecule has 1 N–H and O–H groups in total. The highest BCUT2D eigenvalue weighted by molar-refractivity contribution is 5.78. The molecule has 5 heteroatoms. The van der Waals surface area contributed by atoms with Gasteiger partial charge in [0.05, 0.1) is 19.1 Å². The zero-order valence-corrected chi connectivity index (χ0v) is 13.0. The Labute approximate surface area is 126 Å². The second-order valence-electron chi connectivity index (χ2n) is 6.55. The minimum atomic E-state index is -0.780. The molecule has 0 spiro atoms. The Kier molecular flexibility index (Phi) is 5.62. The van der Waals surface area contributed by atoms with Crippen LogP contribution in [0.2, 0.25) is 0 Å². The maximum Gasteiger partial charge on any atom is 0.303 e. The van der Waals surface area contributed by atoms with E-state index in [0.717, 1.165) is 38.5 Å². The van der Waals surface area contributed by atoms with Crippen molar-refractivity contribution >= 4 is 11.9 Å². The van der Waals surface area contributed by atoms with Crippen molar-refractivity contribution in [1.82, 2.24) is 4.90 Å². The number of rotatable bonds is 5. The van der Waals surface area contributed by atoms with Crippen molar-refractivity contribution in [1.29, 1.82) is 0 Å². The van der Waals surface area contributed by atoms with E-state index in [2.05, 4.69) is 6.92 Å². The Bertz CT molecular complexity index is 376. The Balaban J connectivity index is 1.98. The van der Waals surface area contributed by atoms with Crippen molar-refractivity contribution in [2.24, 2.45) is 5.41 Å². The minimum Gasteiger partial charge on any atom is -0.481 e. The number of carboxylic acids is 1. The molecular formula is C16H27NO4. The fourth-order valence-electron chi connectivity index (χ4n) is 3.66. The second-order valence-corrected chi connectivity index (χ2v) is 6.55. The third-order valence-electron chi connectivity index (χ3n) is 4.91. The molecule has 120 valence electrons. The van der Waals surface area contributed by atoms with Crippen LogP contribution >= 0.6 is 0 Å². The van der Waals surface area contributed by atoms with E-state index in [1.165, 1.54) is 0 Å². The van der Waals surface area contributed by atoms with Crippen LogP contribution in [0.15, 0.2) is 0 Å². The van der Waals surface area contributed by atoms with Gasteiger partial charge in [0, 0.05) is 19.5 Å². The first kappa shape index (κ1) is 16.3. The predicted octanol–water partition coefficient (Wildman–Crippen LogP) is 2.44. The Morgan fingerprint density at radius 1 is 1.24 bits per heavy atom. The SMILES string of the molecule is CCC1CN(C(=O)CC2(CC(=O)O)CCCCC2)CCO1. The third-order valence-corrected chi connectivity index (χ3v) is 4.91. The van der Waals surface area contributed by atoms with E-state index in [1.807, 2.05) is 4.90 Å². The first-order valence-electron chi connectivity index (χ1n) is 8.16. The Morgan fingerprint density at radius 3 is 2.57 bits per heavy atom. The van der Waals surface area contributed by atoms with Gasteiger partial charge in [-0.1, -0.05) is 26.2 Å². The molecule has 1 saturated heterocycles. The molecule has 2 fully saturated rings. The lowest BCUT2D eigenvalue weighted by Crippen LogP contribution is -2.47. The van der Waals surface area contributed by atoms with E-state index in [0.29, 0.717) is 26.1 Å². The zero-order valence-electron chi connectivity index (χ0n) is 13.0. The van der Waals surface area contributed by atoms with Crippen LogP contribution in [-0.2, 0) is 14.3 Å². The van der Waals surface area contributed by atoms with Gasteiger partial charge in [-0.15, -0.1) is 0 Å². The number of nitrogens with zero attached hydrogens (tertiary/aromatic N) is 1. The van der Waals surface area contributed by atoms with Crippen LogP contribution in [-0.4, -0.2) is 47.7 Å². The molecule has 0 radical (unpaired) electrons. The van der Waals surface area contributed by atoms with Crippen molar-refractivity contribution in [2.45, 2.75) is 64.4 Å². The predicted molar refractivity (Wildman–Crippen MR) is 79.0 cm³/mol. The van der Waals surface area contributed by atoms with Crippen molar-refractivity contribution in [3.8, 4) is 0 Å². The van der Waals surface area contributed by atoms with Gasteiger partial charge in [-0.05, 0) is 24.7 Å².